The molecule has 0 aliphatic carbocycles. The quantitative estimate of drug-likeness (QED) is 0.0247. The molecule has 0 saturated carbocycles. The largest absolute Gasteiger partial charge is 4.00 e. The molecular formula is C64H132O10P2Ti. The second-order valence-electron chi connectivity index (χ2n) is 20.3. The molecule has 0 aliphatic heterocycles. The van der Waals surface area contributed by atoms with Gasteiger partial charge in [-0.25, -0.2) is 0 Å². The fourth-order valence-corrected chi connectivity index (χ4v) is 8.96. The van der Waals surface area contributed by atoms with Crippen molar-refractivity contribution in [3.05, 3.63) is 38.0 Å². The molecule has 0 heterocycles. The zero-order valence-electron chi connectivity index (χ0n) is 54.0. The fraction of sp³-hybridized carbons (Fsp3) is 0.906. The van der Waals surface area contributed by atoms with Crippen molar-refractivity contribution in [2.24, 2.45) is 0 Å². The Kier molecular flexibility index (Phi) is 113. The number of rotatable bonds is 55. The van der Waals surface area contributed by atoms with E-state index in [1.807, 2.05) is 0 Å². The van der Waals surface area contributed by atoms with Crippen LogP contribution in [0.15, 0.2) is 38.0 Å². The van der Waals surface area contributed by atoms with Crippen molar-refractivity contribution in [3.63, 3.8) is 0 Å². The average molecular weight is 1170 g/mol. The minimum Gasteiger partial charge on any atom is -0.852 e. The van der Waals surface area contributed by atoms with E-state index in [1.165, 1.54) is 275 Å². The molecule has 0 aromatic carbocycles. The van der Waals surface area contributed by atoms with E-state index in [0.717, 1.165) is 25.7 Å². The van der Waals surface area contributed by atoms with Crippen molar-refractivity contribution in [1.82, 2.24) is 0 Å². The van der Waals surface area contributed by atoms with Gasteiger partial charge in [-0.1, -0.05) is 298 Å². The second-order valence-corrected chi connectivity index (χ2v) is 22.3. The molecule has 0 fully saturated rings. The Morgan fingerprint density at radius 3 is 0.519 bits per heavy atom. The molecule has 0 aromatic rings. The minimum absolute atomic E-state index is 0. The van der Waals surface area contributed by atoms with Gasteiger partial charge in [-0.3, -0.25) is 0 Å². The maximum Gasteiger partial charge on any atom is 4.00 e. The van der Waals surface area contributed by atoms with E-state index in [-0.39, 0.29) is 44.4 Å². The van der Waals surface area contributed by atoms with Gasteiger partial charge < -0.3 is 48.3 Å². The first-order valence-electron chi connectivity index (χ1n) is 31.8. The minimum atomic E-state index is -1.91. The van der Waals surface area contributed by atoms with Crippen molar-refractivity contribution in [1.29, 1.82) is 0 Å². The molecule has 0 radical (unpaired) electrons. The number of hydrogen-bond acceptors (Lipinski definition) is 10. The first-order valence-corrected chi connectivity index (χ1v) is 34.0. The summed E-state index contributed by atoms with van der Waals surface area (Å²) >= 11 is 0. The van der Waals surface area contributed by atoms with Crippen LogP contribution in [0.3, 0.4) is 0 Å². The fourth-order valence-electron chi connectivity index (χ4n) is 7.70. The second kappa shape index (κ2) is 95.6. The normalized spacial score (nSPS) is 10.5. The van der Waals surface area contributed by atoms with Crippen LogP contribution in [0.5, 0.6) is 0 Å². The Hall–Kier alpha value is 0.394. The van der Waals surface area contributed by atoms with Gasteiger partial charge in [0, 0.05) is 0 Å². The maximum absolute atomic E-state index is 11.7. The van der Waals surface area contributed by atoms with E-state index in [0.29, 0.717) is 26.4 Å². The Morgan fingerprint density at radius 2 is 0.416 bits per heavy atom. The molecule has 0 unspecified atom stereocenters. The molecule has 0 saturated heterocycles. The van der Waals surface area contributed by atoms with Crippen LogP contribution < -0.4 is 30.2 Å². The zero-order chi connectivity index (χ0) is 57.7. The van der Waals surface area contributed by atoms with Gasteiger partial charge in [-0.15, -0.1) is 63.9 Å². The molecule has 0 bridgehead atoms. The third kappa shape index (κ3) is 120. The summed E-state index contributed by atoms with van der Waals surface area (Å²) in [6, 6.07) is 0. The maximum atomic E-state index is 11.7. The van der Waals surface area contributed by atoms with Gasteiger partial charge in [0.25, 0.3) is 0 Å². The van der Waals surface area contributed by atoms with Gasteiger partial charge in [0.1, 0.15) is 0 Å². The summed E-state index contributed by atoms with van der Waals surface area (Å²) in [6.45, 7) is 23.6. The van der Waals surface area contributed by atoms with Crippen LogP contribution in [0.4, 0.5) is 0 Å². The third-order valence-electron chi connectivity index (χ3n) is 12.1. The molecule has 0 aliphatic rings. The van der Waals surface area contributed by atoms with Gasteiger partial charge >= 0.3 is 24.6 Å². The molecular weight excluding hydrogens is 1040 g/mol. The number of hydrogen-bond donors (Lipinski definition) is 0. The van der Waals surface area contributed by atoms with E-state index in [9.17, 15) is 30.2 Å². The summed E-state index contributed by atoms with van der Waals surface area (Å²) in [5.74, 6) is 0. The zero-order valence-corrected chi connectivity index (χ0v) is 55.3. The van der Waals surface area contributed by atoms with Gasteiger partial charge in [0.15, 0.2) is 0 Å². The van der Waals surface area contributed by atoms with E-state index in [2.05, 4.69) is 47.4 Å². The summed E-state index contributed by atoms with van der Waals surface area (Å²) in [4.78, 5) is 23.4. The van der Waals surface area contributed by atoms with Crippen LogP contribution in [0.1, 0.15) is 327 Å². The first kappa shape index (κ1) is 91.1. The monoisotopic (exact) mass is 1170 g/mol. The molecule has 13 heteroatoms. The summed E-state index contributed by atoms with van der Waals surface area (Å²) < 4.78 is 21.2. The first-order chi connectivity index (χ1) is 37.1. The molecule has 0 aromatic heterocycles. The van der Waals surface area contributed by atoms with Gasteiger partial charge in [0.2, 0.25) is 0 Å². The van der Waals surface area contributed by atoms with Crippen molar-refractivity contribution in [3.8, 4) is 0 Å². The summed E-state index contributed by atoms with van der Waals surface area (Å²) in [7, 11) is -3.81. The predicted octanol–water partition coefficient (Wildman–Crippen LogP) is 17.0. The van der Waals surface area contributed by atoms with Crippen molar-refractivity contribution in [2.45, 2.75) is 330 Å². The molecule has 10 nitrogen and oxygen atoms in total. The molecule has 0 N–H and O–H groups in total. The van der Waals surface area contributed by atoms with E-state index in [4.69, 9.17) is 18.1 Å². The average Bonchev–Trinajstić information content (AvgIpc) is 3.42. The van der Waals surface area contributed by atoms with Gasteiger partial charge in [0.05, 0.1) is 43.6 Å². The topological polar surface area (TPSA) is 175 Å². The van der Waals surface area contributed by atoms with Gasteiger partial charge in [-0.2, -0.15) is 0 Å². The van der Waals surface area contributed by atoms with Crippen LogP contribution in [0, 0.1) is 0 Å². The standard InChI is InChI=1S/2C26H54O3P.C3H7O.3C3H5O.Ti/c2*1-3-5-7-9-11-13-15-17-19-21-23-25-28-30(27)29-26-24-22-20-18-16-14-12-10-8-6-4-2;1-3(2)4;3*1-2-3-4;/h2*3-26H2,1-2H3;3H,1-2H3;3*2H,1,3H2;/q6*-1;+4/p+2. The van der Waals surface area contributed by atoms with Crippen LogP contribution in [0.2, 0.25) is 0 Å². The van der Waals surface area contributed by atoms with Crippen LogP contribution in [-0.2, 0) is 39.8 Å². The molecule has 0 spiro atoms. The van der Waals surface area contributed by atoms with Crippen molar-refractivity contribution in [2.75, 3.05) is 46.2 Å². The molecule has 77 heavy (non-hydrogen) atoms. The van der Waals surface area contributed by atoms with E-state index in [1.54, 1.807) is 13.8 Å². The van der Waals surface area contributed by atoms with Crippen LogP contribution >= 0.6 is 17.2 Å². The van der Waals surface area contributed by atoms with Gasteiger partial charge in [-0.05, 0) is 25.7 Å². The van der Waals surface area contributed by atoms with Crippen LogP contribution in [0.25, 0.3) is 0 Å². The molecule has 0 amide bonds. The Morgan fingerprint density at radius 1 is 0.312 bits per heavy atom. The third-order valence-corrected chi connectivity index (χ3v) is 13.7. The van der Waals surface area contributed by atoms with Crippen molar-refractivity contribution >= 4 is 17.2 Å². The summed E-state index contributed by atoms with van der Waals surface area (Å²) in [5.41, 5.74) is 0. The van der Waals surface area contributed by atoms with E-state index >= 15 is 0 Å². The molecule has 462 valence electrons. The smallest absolute Gasteiger partial charge is 0.852 e. The van der Waals surface area contributed by atoms with E-state index < -0.39 is 23.3 Å². The van der Waals surface area contributed by atoms with Crippen LogP contribution in [-0.4, -0.2) is 52.4 Å². The SMILES string of the molecule is C=CC[O-].C=CC[O-].C=CC[O-].CC(C)[O-].CCCCCCCCCCCCCOP([O-])OCCCCCCCCCCCCC.CCCCCCCCCCCCCOP([O-])OCCCCCCCCCCCCC.[H+].[H+].[Ti+4]. The van der Waals surface area contributed by atoms with Crippen molar-refractivity contribution < 1.29 is 72.9 Å². The molecule has 0 rings (SSSR count). The Bertz CT molecular complexity index is 837. The number of unbranched alkanes of at least 4 members (excludes halogenated alkanes) is 40. The summed E-state index contributed by atoms with van der Waals surface area (Å²) in [6.07, 6.45) is 61.5. The predicted molar refractivity (Wildman–Crippen MR) is 326 cm³/mol. The Balaban J connectivity index is -0.000000134. The Labute approximate surface area is 501 Å². The molecule has 0 atom stereocenters. The summed E-state index contributed by atoms with van der Waals surface area (Å²) in [5, 5.41) is 37.1.